The van der Waals surface area contributed by atoms with Crippen molar-refractivity contribution in [2.75, 3.05) is 0 Å². The van der Waals surface area contributed by atoms with Crippen molar-refractivity contribution in [3.05, 3.63) is 64.8 Å². The van der Waals surface area contributed by atoms with Crippen LogP contribution in [0.25, 0.3) is 5.57 Å². The molecule has 0 aliphatic heterocycles. The van der Waals surface area contributed by atoms with Crippen LogP contribution < -0.4 is 0 Å². The lowest BCUT2D eigenvalue weighted by Gasteiger charge is -2.14. The van der Waals surface area contributed by atoms with E-state index in [0.717, 1.165) is 18.4 Å². The number of hydrogen-bond donors (Lipinski definition) is 0. The summed E-state index contributed by atoms with van der Waals surface area (Å²) in [4.78, 5) is 0. The van der Waals surface area contributed by atoms with Gasteiger partial charge < -0.3 is 0 Å². The van der Waals surface area contributed by atoms with Crippen molar-refractivity contribution in [1.29, 1.82) is 0 Å². The number of benzene rings is 1. The zero-order valence-corrected chi connectivity index (χ0v) is 21.8. The molecule has 0 nitrogen and oxygen atoms in total. The van der Waals surface area contributed by atoms with Crippen LogP contribution in [-0.2, 0) is 0 Å². The molecule has 0 atom stereocenters. The van der Waals surface area contributed by atoms with Gasteiger partial charge in [0.1, 0.15) is 0 Å². The average Bonchev–Trinajstić information content (AvgIpc) is 2.71. The monoisotopic (exact) mass is 388 g/mol. The molecule has 0 radical (unpaired) electrons. The van der Waals surface area contributed by atoms with Crippen molar-refractivity contribution < 1.29 is 0 Å². The largest absolute Gasteiger partial charge is 0.100 e. The van der Waals surface area contributed by atoms with Gasteiger partial charge in [0.25, 0.3) is 0 Å². The molecular weight excluding hydrogens is 336 g/mol. The summed E-state index contributed by atoms with van der Waals surface area (Å²) in [7, 11) is 0. The van der Waals surface area contributed by atoms with Gasteiger partial charge in [0.05, 0.1) is 0 Å². The van der Waals surface area contributed by atoms with Crippen LogP contribution in [0.15, 0.2) is 42.5 Å². The average molecular weight is 389 g/mol. The third-order valence-corrected chi connectivity index (χ3v) is 3.95. The molecule has 0 heteroatoms. The molecule has 0 aromatic heterocycles. The Morgan fingerprint density at radius 2 is 1.25 bits per heavy atom. The first-order valence-electron chi connectivity index (χ1n) is 11.3. The normalized spacial score (nSPS) is 9.11. The maximum absolute atomic E-state index is 4.00. The van der Waals surface area contributed by atoms with Crippen molar-refractivity contribution >= 4 is 5.57 Å². The van der Waals surface area contributed by atoms with Crippen LogP contribution in [0, 0.1) is 20.8 Å². The van der Waals surface area contributed by atoms with Crippen molar-refractivity contribution in [3.63, 3.8) is 0 Å². The van der Waals surface area contributed by atoms with Gasteiger partial charge in [0.2, 0.25) is 0 Å². The second-order valence-electron chi connectivity index (χ2n) is 6.26. The van der Waals surface area contributed by atoms with E-state index in [1.54, 1.807) is 0 Å². The van der Waals surface area contributed by atoms with Crippen LogP contribution in [0.3, 0.4) is 0 Å². The standard InChI is InChI=1S/C17H24.C5H10.3C2H6/c1-7-8-16(11-12(2)3)17-10-9-13(4)14(5)15(17)6;1-4-5(2)3;3*1-2/h9-11H,2,7-8H2,1,3-6H3;2,4H2,1,3H3;3*1-2H3/b16-11-;;;;. The van der Waals surface area contributed by atoms with E-state index >= 15 is 0 Å². The summed E-state index contributed by atoms with van der Waals surface area (Å²) >= 11 is 0. The highest BCUT2D eigenvalue weighted by molar-refractivity contribution is 5.71. The van der Waals surface area contributed by atoms with Gasteiger partial charge in [0, 0.05) is 0 Å². The van der Waals surface area contributed by atoms with Crippen LogP contribution in [0.5, 0.6) is 0 Å². The maximum Gasteiger partial charge on any atom is -0.0192 e. The van der Waals surface area contributed by atoms with E-state index in [2.05, 4.69) is 72.9 Å². The highest BCUT2D eigenvalue weighted by Crippen LogP contribution is 2.27. The van der Waals surface area contributed by atoms with Crippen LogP contribution >= 0.6 is 0 Å². The van der Waals surface area contributed by atoms with Crippen molar-refractivity contribution in [3.8, 4) is 0 Å². The molecule has 0 bridgehead atoms. The molecule has 164 valence electrons. The number of hydrogen-bond acceptors (Lipinski definition) is 0. The van der Waals surface area contributed by atoms with E-state index in [1.165, 1.54) is 39.8 Å². The lowest BCUT2D eigenvalue weighted by Crippen LogP contribution is -1.95. The van der Waals surface area contributed by atoms with Crippen molar-refractivity contribution in [2.45, 2.75) is 109 Å². The fourth-order valence-corrected chi connectivity index (χ4v) is 2.16. The van der Waals surface area contributed by atoms with Gasteiger partial charge in [0.15, 0.2) is 0 Å². The predicted octanol–water partition coefficient (Wildman–Crippen LogP) is 10.4. The maximum atomic E-state index is 4.00. The molecule has 0 heterocycles. The lowest BCUT2D eigenvalue weighted by molar-refractivity contribution is 0.969. The highest BCUT2D eigenvalue weighted by Gasteiger charge is 2.07. The second-order valence-corrected chi connectivity index (χ2v) is 6.26. The topological polar surface area (TPSA) is 0 Å². The predicted molar refractivity (Wildman–Crippen MR) is 138 cm³/mol. The second kappa shape index (κ2) is 23.5. The Hall–Kier alpha value is -1.56. The van der Waals surface area contributed by atoms with E-state index in [0.29, 0.717) is 0 Å². The Morgan fingerprint density at radius 1 is 0.821 bits per heavy atom. The number of allylic oxidation sites excluding steroid dienone is 4. The molecule has 0 spiro atoms. The SMILES string of the molecule is C=C(C)/C=C(/CCC)c1ccc(C)c(C)c1C.C=C(C)CC.CC.CC.CC. The van der Waals surface area contributed by atoms with Crippen molar-refractivity contribution in [2.24, 2.45) is 0 Å². The van der Waals surface area contributed by atoms with E-state index in [1.807, 2.05) is 48.5 Å². The molecule has 0 fully saturated rings. The zero-order chi connectivity index (χ0) is 23.3. The van der Waals surface area contributed by atoms with E-state index in [9.17, 15) is 0 Å². The molecule has 1 aromatic carbocycles. The molecule has 1 rings (SSSR count). The molecular formula is C28H52. The lowest BCUT2D eigenvalue weighted by atomic mass is 9.91. The molecule has 0 amide bonds. The van der Waals surface area contributed by atoms with Crippen molar-refractivity contribution in [1.82, 2.24) is 0 Å². The van der Waals surface area contributed by atoms with Gasteiger partial charge in [-0.2, -0.15) is 0 Å². The Morgan fingerprint density at radius 3 is 1.57 bits per heavy atom. The van der Waals surface area contributed by atoms with Crippen LogP contribution in [0.4, 0.5) is 0 Å². The Labute approximate surface area is 179 Å². The molecule has 0 N–H and O–H groups in total. The summed E-state index contributed by atoms with van der Waals surface area (Å²) in [6.45, 7) is 34.7. The minimum atomic E-state index is 1.11. The Kier molecular flexibility index (Phi) is 28.5. The minimum Gasteiger partial charge on any atom is -0.100 e. The molecule has 1 aromatic rings. The molecule has 0 aliphatic carbocycles. The number of aryl methyl sites for hydroxylation is 1. The Balaban J connectivity index is -0.000000220. The van der Waals surface area contributed by atoms with E-state index < -0.39 is 0 Å². The van der Waals surface area contributed by atoms with Gasteiger partial charge in [-0.3, -0.25) is 0 Å². The van der Waals surface area contributed by atoms with Crippen LogP contribution in [0.2, 0.25) is 0 Å². The number of rotatable bonds is 5. The third kappa shape index (κ3) is 16.6. The summed E-state index contributed by atoms with van der Waals surface area (Å²) in [6, 6.07) is 4.47. The first-order chi connectivity index (χ1) is 13.2. The van der Waals surface area contributed by atoms with Gasteiger partial charge in [-0.1, -0.05) is 97.7 Å². The fourth-order valence-electron chi connectivity index (χ4n) is 2.16. The smallest absolute Gasteiger partial charge is 0.0192 e. The molecule has 28 heavy (non-hydrogen) atoms. The quantitative estimate of drug-likeness (QED) is 0.347. The van der Waals surface area contributed by atoms with Crippen LogP contribution in [-0.4, -0.2) is 0 Å². The van der Waals surface area contributed by atoms with E-state index in [-0.39, 0.29) is 0 Å². The molecule has 0 unspecified atom stereocenters. The minimum absolute atomic E-state index is 1.11. The summed E-state index contributed by atoms with van der Waals surface area (Å²) in [5, 5.41) is 0. The summed E-state index contributed by atoms with van der Waals surface area (Å²) in [5.74, 6) is 0. The Bertz CT molecular complexity index is 541. The summed E-state index contributed by atoms with van der Waals surface area (Å²) < 4.78 is 0. The van der Waals surface area contributed by atoms with Gasteiger partial charge in [-0.15, -0.1) is 6.58 Å². The van der Waals surface area contributed by atoms with Gasteiger partial charge >= 0.3 is 0 Å². The first-order valence-corrected chi connectivity index (χ1v) is 11.3. The highest BCUT2D eigenvalue weighted by atomic mass is 14.1. The third-order valence-electron chi connectivity index (χ3n) is 3.95. The summed E-state index contributed by atoms with van der Waals surface area (Å²) in [5.41, 5.74) is 9.38. The van der Waals surface area contributed by atoms with E-state index in [4.69, 9.17) is 0 Å². The molecule has 0 saturated carbocycles. The van der Waals surface area contributed by atoms with Gasteiger partial charge in [-0.05, 0) is 75.3 Å². The molecule has 0 saturated heterocycles. The van der Waals surface area contributed by atoms with Crippen LogP contribution in [0.1, 0.15) is 111 Å². The first kappa shape index (κ1) is 34.0. The zero-order valence-electron chi connectivity index (χ0n) is 21.8. The molecule has 0 aliphatic rings. The fraction of sp³-hybridized carbons (Fsp3) is 0.571. The van der Waals surface area contributed by atoms with Gasteiger partial charge in [-0.25, -0.2) is 0 Å². The summed E-state index contributed by atoms with van der Waals surface area (Å²) in [6.07, 6.45) is 5.63.